The number of imidazole rings is 2. The largest absolute Gasteiger partial charge is 0.456 e. The normalized spacial score (nSPS) is 27.2. The summed E-state index contributed by atoms with van der Waals surface area (Å²) in [5.74, 6) is 0.255. The maximum Gasteiger partial charge on any atom is 0.303 e. The van der Waals surface area contributed by atoms with Crippen LogP contribution in [0.5, 0.6) is 0 Å². The Kier molecular flexibility index (Phi) is 12.6. The number of esters is 1. The van der Waals surface area contributed by atoms with E-state index >= 15 is 0 Å². The molecule has 0 radical (unpaired) electrons. The molecule has 2 aliphatic rings. The first kappa shape index (κ1) is 35.8. The number of aliphatic hydroxyl groups is 1. The molecule has 6 heterocycles. The van der Waals surface area contributed by atoms with Gasteiger partial charge in [0, 0.05) is 6.92 Å². The smallest absolute Gasteiger partial charge is 0.303 e. The first-order valence-corrected chi connectivity index (χ1v) is 16.9. The van der Waals surface area contributed by atoms with E-state index in [9.17, 15) is 9.90 Å². The number of halogens is 2. The van der Waals surface area contributed by atoms with Crippen LogP contribution in [0.2, 0.25) is 0 Å². The molecule has 0 saturated carbocycles. The fraction of sp³-hybridized carbons (Fsp3) is 0.607. The summed E-state index contributed by atoms with van der Waals surface area (Å²) < 4.78 is 20.7. The zero-order valence-electron chi connectivity index (χ0n) is 26.1. The molecule has 0 aromatic carbocycles. The highest BCUT2D eigenvalue weighted by Gasteiger charge is 2.46. The van der Waals surface area contributed by atoms with Gasteiger partial charge >= 0.3 is 5.97 Å². The van der Waals surface area contributed by atoms with Crippen molar-refractivity contribution in [2.75, 3.05) is 18.0 Å². The van der Waals surface area contributed by atoms with Gasteiger partial charge in [0.05, 0.1) is 34.5 Å². The molecule has 252 valence electrons. The van der Waals surface area contributed by atoms with Crippen LogP contribution >= 0.6 is 31.9 Å². The highest BCUT2D eigenvalue weighted by molar-refractivity contribution is 9.09. The van der Waals surface area contributed by atoms with Gasteiger partial charge in [-0.05, 0) is 25.8 Å². The highest BCUT2D eigenvalue weighted by Crippen LogP contribution is 2.39. The summed E-state index contributed by atoms with van der Waals surface area (Å²) in [4.78, 5) is 35.8. The van der Waals surface area contributed by atoms with Crippen LogP contribution in [0, 0.1) is 0 Å². The Morgan fingerprint density at radius 2 is 1.37 bits per heavy atom. The number of nitrogens with zero attached hydrogens (tertiary/aromatic N) is 8. The van der Waals surface area contributed by atoms with E-state index in [2.05, 4.69) is 68.7 Å². The van der Waals surface area contributed by atoms with Gasteiger partial charge in [-0.3, -0.25) is 13.9 Å². The quantitative estimate of drug-likeness (QED) is 0.156. The molecule has 16 nitrogen and oxygen atoms in total. The summed E-state index contributed by atoms with van der Waals surface area (Å²) in [6, 6.07) is 0. The van der Waals surface area contributed by atoms with Crippen LogP contribution in [0.15, 0.2) is 25.3 Å². The molecule has 46 heavy (non-hydrogen) atoms. The predicted molar refractivity (Wildman–Crippen MR) is 179 cm³/mol. The summed E-state index contributed by atoms with van der Waals surface area (Å²) in [6.07, 6.45) is 7.57. The number of alkyl halides is 2. The van der Waals surface area contributed by atoms with E-state index in [1.54, 1.807) is 21.8 Å². The van der Waals surface area contributed by atoms with Gasteiger partial charge in [-0.1, -0.05) is 59.1 Å². The van der Waals surface area contributed by atoms with Crippen LogP contribution in [0.4, 0.5) is 11.6 Å². The predicted octanol–water partition coefficient (Wildman–Crippen LogP) is 3.00. The van der Waals surface area contributed by atoms with E-state index in [1.807, 2.05) is 13.8 Å². The third kappa shape index (κ3) is 7.57. The molecule has 18 heteroatoms. The van der Waals surface area contributed by atoms with Crippen molar-refractivity contribution in [3.63, 3.8) is 0 Å². The van der Waals surface area contributed by atoms with Gasteiger partial charge in [0.25, 0.3) is 0 Å². The van der Waals surface area contributed by atoms with Crippen molar-refractivity contribution in [2.24, 2.45) is 5.73 Å². The number of carbonyl (C=O) groups is 1. The first-order chi connectivity index (χ1) is 22.1. The van der Waals surface area contributed by atoms with Gasteiger partial charge in [-0.15, -0.1) is 0 Å². The van der Waals surface area contributed by atoms with E-state index in [4.69, 9.17) is 31.4 Å². The average molecular weight is 772 g/mol. The minimum Gasteiger partial charge on any atom is -0.456 e. The summed E-state index contributed by atoms with van der Waals surface area (Å²) in [6.45, 7) is 8.38. The van der Waals surface area contributed by atoms with Gasteiger partial charge in [0.1, 0.15) is 29.8 Å². The molecule has 4 aromatic rings. The Morgan fingerprint density at radius 1 is 0.870 bits per heavy atom. The molecule has 8 atom stereocenters. The van der Waals surface area contributed by atoms with E-state index in [1.165, 1.54) is 32.4 Å². The molecule has 0 amide bonds. The summed E-state index contributed by atoms with van der Waals surface area (Å²) >= 11 is 7.04. The molecule has 0 aliphatic carbocycles. The third-order valence-electron chi connectivity index (χ3n) is 7.54. The molecular formula is C28H41Br2N11O5. The van der Waals surface area contributed by atoms with Gasteiger partial charge in [0.15, 0.2) is 41.5 Å². The average Bonchev–Trinajstić information content (AvgIpc) is 3.80. The van der Waals surface area contributed by atoms with E-state index in [0.29, 0.717) is 34.0 Å². The number of aromatic nitrogens is 8. The van der Waals surface area contributed by atoms with Gasteiger partial charge in [-0.2, -0.15) is 0 Å². The van der Waals surface area contributed by atoms with Crippen molar-refractivity contribution >= 4 is 71.8 Å². The topological polar surface area (TPSA) is 230 Å². The lowest BCUT2D eigenvalue weighted by molar-refractivity contribution is -0.151. The van der Waals surface area contributed by atoms with Crippen molar-refractivity contribution in [2.45, 2.75) is 99.9 Å². The van der Waals surface area contributed by atoms with Crippen molar-refractivity contribution in [1.82, 2.24) is 39.0 Å². The number of aliphatic hydroxyl groups excluding tert-OH is 1. The van der Waals surface area contributed by atoms with Crippen molar-refractivity contribution < 1.29 is 24.1 Å². The number of carbonyl (C=O) groups excluding carboxylic acids is 1. The molecule has 0 unspecified atom stereocenters. The SMILES string of the molecule is CCCCN.CC[C@H]1O[C@@H](n2cnc3c(N)ncnc32)[C@H](O)[C@H]1Br.CC[C@H]1O[C@@H](n2cnc3c(N)ncnc32)[C@H](OC(C)=O)[C@H]1Br. The summed E-state index contributed by atoms with van der Waals surface area (Å²) in [7, 11) is 0. The zero-order valence-corrected chi connectivity index (χ0v) is 29.3. The lowest BCUT2D eigenvalue weighted by Crippen LogP contribution is -2.31. The molecule has 0 bridgehead atoms. The van der Waals surface area contributed by atoms with Crippen LogP contribution in [0.3, 0.4) is 0 Å². The second kappa shape index (κ2) is 16.2. The van der Waals surface area contributed by atoms with Gasteiger partial charge < -0.3 is 36.5 Å². The number of rotatable bonds is 7. The minimum atomic E-state index is -0.668. The number of anilines is 2. The zero-order chi connectivity index (χ0) is 33.5. The number of unbranched alkanes of at least 4 members (excludes halogenated alkanes) is 1. The number of ether oxygens (including phenoxy) is 3. The van der Waals surface area contributed by atoms with Crippen LogP contribution in [0.1, 0.15) is 65.8 Å². The number of hydrogen-bond donors (Lipinski definition) is 4. The highest BCUT2D eigenvalue weighted by atomic mass is 79.9. The first-order valence-electron chi connectivity index (χ1n) is 15.1. The number of hydrogen-bond acceptors (Lipinski definition) is 14. The van der Waals surface area contributed by atoms with Gasteiger partial charge in [-0.25, -0.2) is 29.9 Å². The molecule has 2 fully saturated rings. The Balaban J connectivity index is 0.000000184. The van der Waals surface area contributed by atoms with Gasteiger partial charge in [0.2, 0.25) is 0 Å². The molecular weight excluding hydrogens is 730 g/mol. The monoisotopic (exact) mass is 769 g/mol. The fourth-order valence-corrected chi connectivity index (χ4v) is 6.77. The second-order valence-corrected chi connectivity index (χ2v) is 12.8. The van der Waals surface area contributed by atoms with Crippen LogP contribution in [0.25, 0.3) is 22.3 Å². The maximum atomic E-state index is 11.4. The third-order valence-corrected chi connectivity index (χ3v) is 9.78. The molecule has 0 spiro atoms. The fourth-order valence-electron chi connectivity index (χ4n) is 5.14. The van der Waals surface area contributed by atoms with Crippen molar-refractivity contribution in [3.8, 4) is 0 Å². The number of fused-ring (bicyclic) bond motifs is 2. The maximum absolute atomic E-state index is 11.4. The Labute approximate surface area is 283 Å². The molecule has 4 aromatic heterocycles. The van der Waals surface area contributed by atoms with Crippen LogP contribution in [-0.2, 0) is 19.0 Å². The Morgan fingerprint density at radius 3 is 1.80 bits per heavy atom. The second-order valence-electron chi connectivity index (χ2n) is 10.7. The molecule has 2 saturated heterocycles. The lowest BCUT2D eigenvalue weighted by Gasteiger charge is -2.21. The number of nitrogen functional groups attached to an aromatic ring is 2. The minimum absolute atomic E-state index is 0.0448. The molecule has 7 N–H and O–H groups in total. The molecule has 6 rings (SSSR count). The van der Waals surface area contributed by atoms with Crippen molar-refractivity contribution in [3.05, 3.63) is 25.3 Å². The van der Waals surface area contributed by atoms with E-state index in [-0.39, 0.29) is 27.8 Å². The standard InChI is InChI=1S/C13H16BrN5O3.C11H14BrN5O2.C4H11N/c1-3-7-8(14)10(21-6(2)20)13(22-7)19-5-18-9-11(15)16-4-17-12(9)19;1-2-5-6(12)8(18)11(19-5)17-4-16-7-9(13)14-3-15-10(7)17;1-2-3-4-5/h4-5,7-8,10,13H,3H2,1-2H3,(H2,15,16,17);3-6,8,11,18H,2H2,1H3,(H2,13,14,15);2-5H2,1H3/t7-,8+,10-,13-;5-,6+,8-,11-;/m11./s1. The Hall–Kier alpha value is -3.03. The lowest BCUT2D eigenvalue weighted by atomic mass is 10.1. The van der Waals surface area contributed by atoms with Crippen molar-refractivity contribution in [1.29, 1.82) is 0 Å². The summed E-state index contributed by atoms with van der Waals surface area (Å²) in [5, 5.41) is 10.3. The van der Waals surface area contributed by atoms with Crippen LogP contribution in [-0.4, -0.2) is 90.7 Å². The summed E-state index contributed by atoms with van der Waals surface area (Å²) in [5.41, 5.74) is 18.8. The van der Waals surface area contributed by atoms with Crippen LogP contribution < -0.4 is 17.2 Å². The van der Waals surface area contributed by atoms with E-state index in [0.717, 1.165) is 19.4 Å². The number of nitrogens with two attached hydrogens (primary N) is 3. The van der Waals surface area contributed by atoms with E-state index < -0.39 is 24.7 Å². The molecule has 2 aliphatic heterocycles. The Bertz CT molecular complexity index is 1590.